The van der Waals surface area contributed by atoms with Crippen molar-refractivity contribution >= 4 is 23.1 Å². The molecule has 126 valence electrons. The number of hydrogen-bond acceptors (Lipinski definition) is 5. The molecule has 1 N–H and O–H groups in total. The van der Waals surface area contributed by atoms with E-state index in [2.05, 4.69) is 5.32 Å². The minimum Gasteiger partial charge on any atom is -0.494 e. The number of halogens is 2. The van der Waals surface area contributed by atoms with Crippen LogP contribution in [0.5, 0.6) is 5.75 Å². The van der Waals surface area contributed by atoms with Crippen molar-refractivity contribution < 1.29 is 18.4 Å². The number of anilines is 1. The van der Waals surface area contributed by atoms with Gasteiger partial charge in [-0.1, -0.05) is 12.1 Å². The van der Waals surface area contributed by atoms with Crippen molar-refractivity contribution in [2.75, 3.05) is 18.2 Å². The quantitative estimate of drug-likeness (QED) is 0.647. The highest BCUT2D eigenvalue weighted by atomic mass is 32.2. The van der Waals surface area contributed by atoms with Gasteiger partial charge in [0.15, 0.2) is 11.6 Å². The molecule has 1 atom stereocenters. The van der Waals surface area contributed by atoms with Crippen molar-refractivity contribution in [2.24, 2.45) is 0 Å². The fourth-order valence-electron chi connectivity index (χ4n) is 2.69. The van der Waals surface area contributed by atoms with E-state index in [9.17, 15) is 18.9 Å². The molecule has 0 radical (unpaired) electrons. The Bertz CT molecular complexity index is 801. The molecular formula is C16H14F2N2O3S. The summed E-state index contributed by atoms with van der Waals surface area (Å²) in [6, 6.07) is 6.56. The average Bonchev–Trinajstić information content (AvgIpc) is 2.56. The minimum absolute atomic E-state index is 0.0900. The highest BCUT2D eigenvalue weighted by Gasteiger charge is 2.26. The molecule has 2 aromatic rings. The van der Waals surface area contributed by atoms with E-state index in [1.54, 1.807) is 12.1 Å². The molecule has 1 aliphatic rings. The summed E-state index contributed by atoms with van der Waals surface area (Å²) in [4.78, 5) is 11.1. The number of hydrogen-bond donors (Lipinski definition) is 1. The Labute approximate surface area is 141 Å². The van der Waals surface area contributed by atoms with E-state index in [1.165, 1.54) is 31.0 Å². The fraction of sp³-hybridized carbons (Fsp3) is 0.250. The second kappa shape index (κ2) is 6.64. The number of benzene rings is 2. The Morgan fingerprint density at radius 1 is 1.33 bits per heavy atom. The molecule has 1 heterocycles. The van der Waals surface area contributed by atoms with E-state index in [-0.39, 0.29) is 29.0 Å². The normalized spacial score (nSPS) is 16.4. The maximum atomic E-state index is 13.9. The lowest BCUT2D eigenvalue weighted by Crippen LogP contribution is -2.17. The molecule has 0 fully saturated rings. The van der Waals surface area contributed by atoms with Gasteiger partial charge in [0.1, 0.15) is 11.5 Å². The molecule has 24 heavy (non-hydrogen) atoms. The van der Waals surface area contributed by atoms with Crippen molar-refractivity contribution in [2.45, 2.75) is 17.4 Å². The van der Waals surface area contributed by atoms with Crippen LogP contribution in [0, 0.1) is 21.7 Å². The monoisotopic (exact) mass is 352 g/mol. The zero-order valence-corrected chi connectivity index (χ0v) is 13.5. The van der Waals surface area contributed by atoms with Gasteiger partial charge >= 0.3 is 0 Å². The van der Waals surface area contributed by atoms with Crippen LogP contribution in [0.15, 0.2) is 35.2 Å². The molecule has 0 aliphatic carbocycles. The molecular weight excluding hydrogens is 338 g/mol. The van der Waals surface area contributed by atoms with Crippen LogP contribution >= 0.6 is 11.8 Å². The number of rotatable bonds is 4. The maximum absolute atomic E-state index is 13.9. The van der Waals surface area contributed by atoms with Crippen LogP contribution in [-0.2, 0) is 0 Å². The Morgan fingerprint density at radius 2 is 2.12 bits per heavy atom. The van der Waals surface area contributed by atoms with Gasteiger partial charge < -0.3 is 10.1 Å². The van der Waals surface area contributed by atoms with Crippen LogP contribution < -0.4 is 10.1 Å². The van der Waals surface area contributed by atoms with Crippen molar-refractivity contribution in [1.29, 1.82) is 0 Å². The Morgan fingerprint density at radius 3 is 2.83 bits per heavy atom. The highest BCUT2D eigenvalue weighted by molar-refractivity contribution is 7.99. The standard InChI is InChI=1S/C16H14F2N2O3S/c1-23-15-8-13(14(20(21)22)7-11(15)18)19-12-5-6-24-16-9(12)3-2-4-10(16)17/h2-4,7-8,12,19H,5-6H2,1H3. The zero-order valence-electron chi connectivity index (χ0n) is 12.7. The molecule has 2 aromatic carbocycles. The second-order valence-corrected chi connectivity index (χ2v) is 6.36. The summed E-state index contributed by atoms with van der Waals surface area (Å²) in [5, 5.41) is 14.3. The lowest BCUT2D eigenvalue weighted by atomic mass is 10.0. The summed E-state index contributed by atoms with van der Waals surface area (Å²) in [7, 11) is 1.29. The highest BCUT2D eigenvalue weighted by Crippen LogP contribution is 2.41. The van der Waals surface area contributed by atoms with Gasteiger partial charge in [-0.3, -0.25) is 10.1 Å². The van der Waals surface area contributed by atoms with E-state index in [1.807, 2.05) is 0 Å². The van der Waals surface area contributed by atoms with Crippen LogP contribution in [0.3, 0.4) is 0 Å². The first-order valence-corrected chi connectivity index (χ1v) is 8.19. The second-order valence-electron chi connectivity index (χ2n) is 5.25. The summed E-state index contributed by atoms with van der Waals surface area (Å²) in [6.07, 6.45) is 0.665. The summed E-state index contributed by atoms with van der Waals surface area (Å²) >= 11 is 1.42. The van der Waals surface area contributed by atoms with Gasteiger partial charge in [-0.05, 0) is 18.1 Å². The summed E-state index contributed by atoms with van der Waals surface area (Å²) in [6.45, 7) is 0. The van der Waals surface area contributed by atoms with Gasteiger partial charge in [-0.25, -0.2) is 8.78 Å². The van der Waals surface area contributed by atoms with Crippen molar-refractivity contribution in [3.8, 4) is 5.75 Å². The molecule has 0 amide bonds. The number of nitro benzene ring substituents is 1. The third-order valence-electron chi connectivity index (χ3n) is 3.82. The number of nitrogens with zero attached hydrogens (tertiary/aromatic N) is 1. The lowest BCUT2D eigenvalue weighted by Gasteiger charge is -2.27. The first-order valence-electron chi connectivity index (χ1n) is 7.21. The molecule has 0 bridgehead atoms. The van der Waals surface area contributed by atoms with Crippen molar-refractivity contribution in [3.63, 3.8) is 0 Å². The molecule has 0 saturated carbocycles. The Kier molecular flexibility index (Phi) is 4.57. The number of ether oxygens (including phenoxy) is 1. The molecule has 1 aliphatic heterocycles. The number of thioether (sulfide) groups is 1. The van der Waals surface area contributed by atoms with Crippen LogP contribution in [0.2, 0.25) is 0 Å². The Balaban J connectivity index is 2.01. The van der Waals surface area contributed by atoms with Crippen LogP contribution in [0.4, 0.5) is 20.2 Å². The number of nitro groups is 1. The molecule has 5 nitrogen and oxygen atoms in total. The van der Waals surface area contributed by atoms with Gasteiger partial charge in [-0.2, -0.15) is 0 Å². The number of methoxy groups -OCH3 is 1. The summed E-state index contributed by atoms with van der Waals surface area (Å²) in [5.41, 5.74) is 0.499. The Hall–Kier alpha value is -2.35. The number of fused-ring (bicyclic) bond motifs is 1. The molecule has 1 unspecified atom stereocenters. The van der Waals surface area contributed by atoms with Crippen molar-refractivity contribution in [1.82, 2.24) is 0 Å². The molecule has 0 saturated heterocycles. The largest absolute Gasteiger partial charge is 0.494 e. The minimum atomic E-state index is -0.805. The van der Waals surface area contributed by atoms with Gasteiger partial charge in [0.2, 0.25) is 0 Å². The molecule has 0 spiro atoms. The SMILES string of the molecule is COc1cc(NC2CCSc3c(F)cccc32)c([N+](=O)[O-])cc1F. The predicted molar refractivity (Wildman–Crippen MR) is 87.7 cm³/mol. The van der Waals surface area contributed by atoms with E-state index in [4.69, 9.17) is 4.74 Å². The van der Waals surface area contributed by atoms with E-state index >= 15 is 0 Å². The molecule has 8 heteroatoms. The summed E-state index contributed by atoms with van der Waals surface area (Å²) in [5.74, 6) is -0.527. The predicted octanol–water partition coefficient (Wildman–Crippen LogP) is 4.53. The topological polar surface area (TPSA) is 64.4 Å². The first-order chi connectivity index (χ1) is 11.5. The van der Waals surface area contributed by atoms with Gasteiger partial charge in [0, 0.05) is 16.7 Å². The van der Waals surface area contributed by atoms with Crippen LogP contribution in [-0.4, -0.2) is 17.8 Å². The number of nitrogens with one attached hydrogen (secondary N) is 1. The first kappa shape index (κ1) is 16.5. The summed E-state index contributed by atoms with van der Waals surface area (Å²) < 4.78 is 32.6. The van der Waals surface area contributed by atoms with Crippen LogP contribution in [0.25, 0.3) is 0 Å². The third kappa shape index (κ3) is 3.01. The lowest BCUT2D eigenvalue weighted by molar-refractivity contribution is -0.384. The smallest absolute Gasteiger partial charge is 0.295 e. The zero-order chi connectivity index (χ0) is 17.3. The molecule has 3 rings (SSSR count). The fourth-order valence-corrected chi connectivity index (χ4v) is 3.83. The van der Waals surface area contributed by atoms with Crippen molar-refractivity contribution in [3.05, 3.63) is 57.6 Å². The van der Waals surface area contributed by atoms with E-state index in [0.717, 1.165) is 11.6 Å². The van der Waals surface area contributed by atoms with E-state index < -0.39 is 10.7 Å². The van der Waals surface area contributed by atoms with Crippen LogP contribution in [0.1, 0.15) is 18.0 Å². The van der Waals surface area contributed by atoms with Gasteiger partial charge in [0.25, 0.3) is 5.69 Å². The van der Waals surface area contributed by atoms with Gasteiger partial charge in [-0.15, -0.1) is 11.8 Å². The molecule has 0 aromatic heterocycles. The van der Waals surface area contributed by atoms with E-state index in [0.29, 0.717) is 17.1 Å². The third-order valence-corrected chi connectivity index (χ3v) is 4.98. The maximum Gasteiger partial charge on any atom is 0.295 e. The average molecular weight is 352 g/mol. The van der Waals surface area contributed by atoms with Gasteiger partial charge in [0.05, 0.1) is 24.1 Å².